The number of aromatic nitrogens is 2. The molecule has 0 spiro atoms. The Morgan fingerprint density at radius 3 is 1.33 bits per heavy atom. The third-order valence-corrected chi connectivity index (χ3v) is 8.53. The molecule has 0 atom stereocenters. The zero-order valence-corrected chi connectivity index (χ0v) is 25.1. The number of aliphatic imine (C=N–C) groups is 2. The molecule has 0 aliphatic carbocycles. The van der Waals surface area contributed by atoms with E-state index in [-0.39, 0.29) is 0 Å². The molecule has 0 N–H and O–H groups in total. The predicted molar refractivity (Wildman–Crippen MR) is 183 cm³/mol. The molecule has 6 aromatic rings. The van der Waals surface area contributed by atoms with E-state index in [9.17, 15) is 0 Å². The molecular formula is C38H42N4. The second kappa shape index (κ2) is 13.2. The van der Waals surface area contributed by atoms with Gasteiger partial charge in [-0.2, -0.15) is 0 Å². The fraction of sp³-hybridized carbons (Fsp3) is 0.316. The Hall–Kier alpha value is -4.18. The minimum absolute atomic E-state index is 0.903. The lowest BCUT2D eigenvalue weighted by atomic mass is 10.1. The Balaban J connectivity index is 0.905. The molecule has 2 heterocycles. The van der Waals surface area contributed by atoms with Gasteiger partial charge in [0.25, 0.3) is 0 Å². The van der Waals surface area contributed by atoms with Crippen molar-refractivity contribution >= 4 is 56.0 Å². The Labute approximate surface area is 249 Å². The molecule has 0 bridgehead atoms. The van der Waals surface area contributed by atoms with Gasteiger partial charge in [0.15, 0.2) is 0 Å². The third kappa shape index (κ3) is 5.76. The van der Waals surface area contributed by atoms with Crippen LogP contribution in [0.4, 0.5) is 0 Å². The fourth-order valence-corrected chi connectivity index (χ4v) is 6.44. The lowest BCUT2D eigenvalue weighted by Gasteiger charge is -2.03. The van der Waals surface area contributed by atoms with Gasteiger partial charge in [-0.05, 0) is 74.2 Å². The Bertz CT molecular complexity index is 1730. The molecule has 4 heteroatoms. The number of para-hydroxylation sites is 2. The number of hydrogen-bond acceptors (Lipinski definition) is 2. The molecule has 214 valence electrons. The van der Waals surface area contributed by atoms with Gasteiger partial charge in [0, 0.05) is 82.2 Å². The summed E-state index contributed by atoms with van der Waals surface area (Å²) >= 11 is 0. The van der Waals surface area contributed by atoms with Crippen molar-refractivity contribution in [2.45, 2.75) is 65.5 Å². The van der Waals surface area contributed by atoms with Crippen LogP contribution in [0.1, 0.15) is 63.5 Å². The molecule has 0 radical (unpaired) electrons. The van der Waals surface area contributed by atoms with E-state index in [4.69, 9.17) is 9.98 Å². The number of fused-ring (bicyclic) bond motifs is 6. The summed E-state index contributed by atoms with van der Waals surface area (Å²) in [5, 5.41) is 5.30. The maximum absolute atomic E-state index is 4.73. The Kier molecular flexibility index (Phi) is 8.79. The van der Waals surface area contributed by atoms with Gasteiger partial charge in [-0.25, -0.2) is 0 Å². The van der Waals surface area contributed by atoms with Crippen LogP contribution in [0.5, 0.6) is 0 Å². The van der Waals surface area contributed by atoms with Crippen molar-refractivity contribution in [1.29, 1.82) is 0 Å². The monoisotopic (exact) mass is 554 g/mol. The highest BCUT2D eigenvalue weighted by Crippen LogP contribution is 2.30. The molecular weight excluding hydrogens is 512 g/mol. The van der Waals surface area contributed by atoms with Gasteiger partial charge < -0.3 is 9.13 Å². The summed E-state index contributed by atoms with van der Waals surface area (Å²) in [4.78, 5) is 9.46. The van der Waals surface area contributed by atoms with E-state index in [2.05, 4.69) is 120 Å². The van der Waals surface area contributed by atoms with Crippen molar-refractivity contribution in [1.82, 2.24) is 9.13 Å². The maximum Gasteiger partial charge on any atom is 0.0491 e. The van der Waals surface area contributed by atoms with Crippen LogP contribution in [0.25, 0.3) is 43.6 Å². The lowest BCUT2D eigenvalue weighted by molar-refractivity contribution is 0.602. The number of unbranched alkanes of at least 4 members (excludes halogenated alkanes) is 5. The molecule has 0 fully saturated rings. The minimum atomic E-state index is 0.903. The van der Waals surface area contributed by atoms with Crippen LogP contribution >= 0.6 is 0 Å². The smallest absolute Gasteiger partial charge is 0.0491 e. The van der Waals surface area contributed by atoms with Gasteiger partial charge in [-0.1, -0.05) is 74.2 Å². The van der Waals surface area contributed by atoms with Crippen LogP contribution in [-0.2, 0) is 13.1 Å². The molecule has 6 rings (SSSR count). The summed E-state index contributed by atoms with van der Waals surface area (Å²) < 4.78 is 4.79. The van der Waals surface area contributed by atoms with Crippen molar-refractivity contribution in [3.63, 3.8) is 0 Å². The molecule has 0 saturated heterocycles. The summed E-state index contributed by atoms with van der Waals surface area (Å²) in [7, 11) is 0. The molecule has 2 aromatic heterocycles. The van der Waals surface area contributed by atoms with Gasteiger partial charge in [0.2, 0.25) is 0 Å². The first-order valence-electron chi connectivity index (χ1n) is 15.8. The molecule has 0 saturated carbocycles. The van der Waals surface area contributed by atoms with Crippen LogP contribution in [0, 0.1) is 0 Å². The number of rotatable bonds is 13. The Morgan fingerprint density at radius 1 is 0.476 bits per heavy atom. The molecule has 4 aromatic carbocycles. The summed E-state index contributed by atoms with van der Waals surface area (Å²) in [5.41, 5.74) is 7.61. The standard InChI is InChI=1S/C38H42N4/c1-3-41-35-17-11-9-15-31(35)33-25-29(19-21-37(33)41)27-39-23-13-7-5-6-8-14-24-40-28-30-20-22-38-34(26-30)32-16-10-12-18-36(32)42(38)4-2/h9-12,15-22,25-28H,3-8,13-14,23-24H2,1-2H3/b39-27+,40-28?. The van der Waals surface area contributed by atoms with Crippen LogP contribution in [0.2, 0.25) is 0 Å². The summed E-state index contributed by atoms with van der Waals surface area (Å²) in [6.07, 6.45) is 11.5. The van der Waals surface area contributed by atoms with E-state index in [1.165, 1.54) is 80.4 Å². The van der Waals surface area contributed by atoms with Gasteiger partial charge in [0.05, 0.1) is 0 Å². The van der Waals surface area contributed by atoms with Crippen LogP contribution < -0.4 is 0 Å². The molecule has 0 amide bonds. The number of hydrogen-bond donors (Lipinski definition) is 0. The van der Waals surface area contributed by atoms with Crippen molar-refractivity contribution in [2.75, 3.05) is 13.1 Å². The molecule has 0 aliphatic heterocycles. The first-order valence-corrected chi connectivity index (χ1v) is 15.8. The minimum Gasteiger partial charge on any atom is -0.341 e. The van der Waals surface area contributed by atoms with E-state index >= 15 is 0 Å². The average molecular weight is 555 g/mol. The third-order valence-electron chi connectivity index (χ3n) is 8.53. The number of aryl methyl sites for hydroxylation is 2. The highest BCUT2D eigenvalue weighted by molar-refractivity contribution is 6.10. The van der Waals surface area contributed by atoms with Gasteiger partial charge in [-0.15, -0.1) is 0 Å². The molecule has 4 nitrogen and oxygen atoms in total. The lowest BCUT2D eigenvalue weighted by Crippen LogP contribution is -1.93. The molecule has 42 heavy (non-hydrogen) atoms. The first kappa shape index (κ1) is 28.0. The zero-order valence-electron chi connectivity index (χ0n) is 25.1. The SMILES string of the molecule is CCn1c2ccccc2c2cc(C=NCCCCCCCC/N=C/c3ccc4c(c3)c3ccccc3n4CC)ccc21. The highest BCUT2D eigenvalue weighted by Gasteiger charge is 2.10. The van der Waals surface area contributed by atoms with E-state index in [0.717, 1.165) is 39.0 Å². The van der Waals surface area contributed by atoms with E-state index in [0.29, 0.717) is 0 Å². The first-order chi connectivity index (χ1) is 20.8. The maximum atomic E-state index is 4.73. The Morgan fingerprint density at radius 2 is 0.881 bits per heavy atom. The molecule has 0 aliphatic rings. The normalized spacial score (nSPS) is 12.3. The second-order valence-electron chi connectivity index (χ2n) is 11.3. The highest BCUT2D eigenvalue weighted by atomic mass is 15.0. The average Bonchev–Trinajstić information content (AvgIpc) is 3.53. The van der Waals surface area contributed by atoms with Crippen LogP contribution in [0.3, 0.4) is 0 Å². The van der Waals surface area contributed by atoms with E-state index in [1.54, 1.807) is 0 Å². The quantitative estimate of drug-likeness (QED) is 0.101. The summed E-state index contributed by atoms with van der Waals surface area (Å²) in [6, 6.07) is 30.9. The van der Waals surface area contributed by atoms with Gasteiger partial charge >= 0.3 is 0 Å². The second-order valence-corrected chi connectivity index (χ2v) is 11.3. The summed E-state index contributed by atoms with van der Waals surface area (Å²) in [5.74, 6) is 0. The van der Waals surface area contributed by atoms with Crippen LogP contribution in [0.15, 0.2) is 94.9 Å². The van der Waals surface area contributed by atoms with E-state index < -0.39 is 0 Å². The van der Waals surface area contributed by atoms with Crippen molar-refractivity contribution in [2.24, 2.45) is 9.98 Å². The predicted octanol–water partition coefficient (Wildman–Crippen LogP) is 9.82. The van der Waals surface area contributed by atoms with Gasteiger partial charge in [0.1, 0.15) is 0 Å². The van der Waals surface area contributed by atoms with Crippen molar-refractivity contribution in [3.05, 3.63) is 96.1 Å². The zero-order chi connectivity index (χ0) is 28.7. The van der Waals surface area contributed by atoms with E-state index in [1.807, 2.05) is 0 Å². The van der Waals surface area contributed by atoms with Crippen molar-refractivity contribution < 1.29 is 0 Å². The fourth-order valence-electron chi connectivity index (χ4n) is 6.44. The topological polar surface area (TPSA) is 34.6 Å². The number of nitrogens with zero attached hydrogens (tertiary/aromatic N) is 4. The number of benzene rings is 4. The molecule has 0 unspecified atom stereocenters. The van der Waals surface area contributed by atoms with Gasteiger partial charge in [-0.3, -0.25) is 9.98 Å². The van der Waals surface area contributed by atoms with Crippen LogP contribution in [-0.4, -0.2) is 34.7 Å². The summed E-state index contributed by atoms with van der Waals surface area (Å²) in [6.45, 7) is 8.19. The largest absolute Gasteiger partial charge is 0.341 e. The van der Waals surface area contributed by atoms with Crippen molar-refractivity contribution in [3.8, 4) is 0 Å².